The van der Waals surface area contributed by atoms with E-state index in [0.717, 1.165) is 4.70 Å². The molecule has 0 unspecified atom stereocenters. The number of thiophene rings is 1. The predicted molar refractivity (Wildman–Crippen MR) is 72.8 cm³/mol. The number of carbonyl (C=O) groups excluding carboxylic acids is 1. The molecule has 6 heteroatoms. The van der Waals surface area contributed by atoms with Crippen LogP contribution in [0.25, 0.3) is 10.1 Å². The lowest BCUT2D eigenvalue weighted by atomic mass is 10.2. The number of fused-ring (bicyclic) bond motifs is 1. The van der Waals surface area contributed by atoms with Gasteiger partial charge in [-0.1, -0.05) is 34.8 Å². The van der Waals surface area contributed by atoms with Crippen LogP contribution in [0, 0.1) is 0 Å². The molecule has 0 spiro atoms. The van der Waals surface area contributed by atoms with Crippen molar-refractivity contribution >= 4 is 62.2 Å². The maximum atomic E-state index is 11.7. The average molecular weight is 310 g/mol. The minimum Gasteiger partial charge on any atom is -0.462 e. The van der Waals surface area contributed by atoms with Gasteiger partial charge in [0.25, 0.3) is 0 Å². The second-order valence-electron chi connectivity index (χ2n) is 3.23. The standard InChI is InChI=1S/C11H7Cl3O2S/c1-2-16-11(15)10-9(14)8-6(13)3-5(12)4-7(8)17-10/h3-4H,2H2,1H3. The van der Waals surface area contributed by atoms with Crippen LogP contribution in [0.4, 0.5) is 0 Å². The Morgan fingerprint density at radius 2 is 2.06 bits per heavy atom. The molecule has 2 rings (SSSR count). The molecule has 0 aliphatic carbocycles. The molecule has 0 radical (unpaired) electrons. The second kappa shape index (κ2) is 5.02. The zero-order valence-corrected chi connectivity index (χ0v) is 11.8. The highest BCUT2D eigenvalue weighted by Crippen LogP contribution is 2.41. The van der Waals surface area contributed by atoms with Crippen molar-refractivity contribution < 1.29 is 9.53 Å². The first kappa shape index (κ1) is 13.0. The van der Waals surface area contributed by atoms with Gasteiger partial charge in [-0.25, -0.2) is 4.79 Å². The van der Waals surface area contributed by atoms with Crippen molar-refractivity contribution in [1.82, 2.24) is 0 Å². The fourth-order valence-corrected chi connectivity index (χ4v) is 3.70. The molecule has 1 aromatic carbocycles. The van der Waals surface area contributed by atoms with Gasteiger partial charge in [-0.05, 0) is 19.1 Å². The van der Waals surface area contributed by atoms with Crippen LogP contribution >= 0.6 is 46.1 Å². The lowest BCUT2D eigenvalue weighted by Crippen LogP contribution is -2.02. The Morgan fingerprint density at radius 1 is 1.35 bits per heavy atom. The van der Waals surface area contributed by atoms with Gasteiger partial charge in [0.1, 0.15) is 4.88 Å². The minimum absolute atomic E-state index is 0.303. The van der Waals surface area contributed by atoms with E-state index in [1.54, 1.807) is 19.1 Å². The van der Waals surface area contributed by atoms with Gasteiger partial charge in [-0.2, -0.15) is 0 Å². The maximum absolute atomic E-state index is 11.7. The first-order valence-corrected chi connectivity index (χ1v) is 6.73. The van der Waals surface area contributed by atoms with Crippen LogP contribution in [0.1, 0.15) is 16.6 Å². The van der Waals surface area contributed by atoms with E-state index in [1.807, 2.05) is 0 Å². The summed E-state index contributed by atoms with van der Waals surface area (Å²) >= 11 is 19.3. The van der Waals surface area contributed by atoms with Gasteiger partial charge < -0.3 is 4.74 Å². The molecule has 0 fully saturated rings. The summed E-state index contributed by atoms with van der Waals surface area (Å²) in [6.45, 7) is 2.04. The second-order valence-corrected chi connectivity index (χ2v) is 5.50. The molecule has 0 aliphatic heterocycles. The van der Waals surface area contributed by atoms with E-state index >= 15 is 0 Å². The summed E-state index contributed by atoms with van der Waals surface area (Å²) in [5, 5.41) is 1.91. The zero-order chi connectivity index (χ0) is 12.6. The molecule has 1 aromatic heterocycles. The molecule has 0 atom stereocenters. The maximum Gasteiger partial charge on any atom is 0.349 e. The van der Waals surface area contributed by atoms with Gasteiger partial charge >= 0.3 is 5.97 Å². The fourth-order valence-electron chi connectivity index (χ4n) is 1.44. The molecule has 90 valence electrons. The van der Waals surface area contributed by atoms with E-state index in [-0.39, 0.29) is 0 Å². The molecule has 0 amide bonds. The summed E-state index contributed by atoms with van der Waals surface area (Å²) in [4.78, 5) is 12.0. The van der Waals surface area contributed by atoms with E-state index in [1.165, 1.54) is 11.3 Å². The first-order valence-electron chi connectivity index (χ1n) is 4.78. The summed E-state index contributed by atoms with van der Waals surface area (Å²) in [5.74, 6) is -0.439. The van der Waals surface area contributed by atoms with Crippen LogP contribution in [0.2, 0.25) is 15.1 Å². The van der Waals surface area contributed by atoms with Crippen LogP contribution < -0.4 is 0 Å². The Bertz CT molecular complexity index is 592. The van der Waals surface area contributed by atoms with Crippen LogP contribution in [0.15, 0.2) is 12.1 Å². The molecule has 1 heterocycles. The highest BCUT2D eigenvalue weighted by atomic mass is 35.5. The SMILES string of the molecule is CCOC(=O)c1sc2cc(Cl)cc(Cl)c2c1Cl. The Hall–Kier alpha value is -0.480. The Kier molecular flexibility index (Phi) is 3.83. The van der Waals surface area contributed by atoms with E-state index < -0.39 is 5.97 Å². The fraction of sp³-hybridized carbons (Fsp3) is 0.182. The summed E-state index contributed by atoms with van der Waals surface area (Å²) < 4.78 is 5.69. The van der Waals surface area contributed by atoms with Crippen molar-refractivity contribution in [2.45, 2.75) is 6.92 Å². The third-order valence-electron chi connectivity index (χ3n) is 2.11. The monoisotopic (exact) mass is 308 g/mol. The van der Waals surface area contributed by atoms with Gasteiger partial charge in [0.05, 0.1) is 16.7 Å². The largest absolute Gasteiger partial charge is 0.462 e. The van der Waals surface area contributed by atoms with Gasteiger partial charge in [0.15, 0.2) is 0 Å². The van der Waals surface area contributed by atoms with Crippen molar-refractivity contribution in [3.8, 4) is 0 Å². The number of halogens is 3. The van der Waals surface area contributed by atoms with Gasteiger partial charge in [0, 0.05) is 15.1 Å². The third-order valence-corrected chi connectivity index (χ3v) is 4.23. The van der Waals surface area contributed by atoms with E-state index in [0.29, 0.717) is 31.9 Å². The molecule has 0 aliphatic rings. The molecule has 0 saturated carbocycles. The summed E-state index contributed by atoms with van der Waals surface area (Å²) in [6, 6.07) is 3.32. The van der Waals surface area contributed by atoms with Crippen molar-refractivity contribution in [1.29, 1.82) is 0 Å². The Morgan fingerprint density at radius 3 is 2.71 bits per heavy atom. The zero-order valence-electron chi connectivity index (χ0n) is 8.72. The number of carbonyl (C=O) groups is 1. The summed E-state index contributed by atoms with van der Waals surface area (Å²) in [7, 11) is 0. The number of hydrogen-bond acceptors (Lipinski definition) is 3. The quantitative estimate of drug-likeness (QED) is 0.727. The van der Waals surface area contributed by atoms with Crippen LogP contribution in [0.3, 0.4) is 0 Å². The van der Waals surface area contributed by atoms with Gasteiger partial charge in [-0.15, -0.1) is 11.3 Å². The van der Waals surface area contributed by atoms with Crippen LogP contribution in [0.5, 0.6) is 0 Å². The van der Waals surface area contributed by atoms with Crippen molar-refractivity contribution in [3.05, 3.63) is 32.1 Å². The minimum atomic E-state index is -0.439. The molecular formula is C11H7Cl3O2S. The van der Waals surface area contributed by atoms with E-state index in [9.17, 15) is 4.79 Å². The molecule has 2 aromatic rings. The van der Waals surface area contributed by atoms with Crippen molar-refractivity contribution in [3.63, 3.8) is 0 Å². The first-order chi connectivity index (χ1) is 8.04. The molecule has 2 nitrogen and oxygen atoms in total. The molecular weight excluding hydrogens is 303 g/mol. The third kappa shape index (κ3) is 2.38. The Balaban J connectivity index is 2.64. The number of rotatable bonds is 2. The topological polar surface area (TPSA) is 26.3 Å². The van der Waals surface area contributed by atoms with Crippen LogP contribution in [-0.2, 0) is 4.74 Å². The van der Waals surface area contributed by atoms with E-state index in [2.05, 4.69) is 0 Å². The lowest BCUT2D eigenvalue weighted by Gasteiger charge is -1.98. The lowest BCUT2D eigenvalue weighted by molar-refractivity contribution is 0.0532. The van der Waals surface area contributed by atoms with Gasteiger partial charge in [-0.3, -0.25) is 0 Å². The van der Waals surface area contributed by atoms with Crippen molar-refractivity contribution in [2.75, 3.05) is 6.61 Å². The molecule has 0 bridgehead atoms. The smallest absolute Gasteiger partial charge is 0.349 e. The molecule has 0 saturated heterocycles. The highest BCUT2D eigenvalue weighted by molar-refractivity contribution is 7.21. The molecule has 17 heavy (non-hydrogen) atoms. The number of ether oxygens (including phenoxy) is 1. The van der Waals surface area contributed by atoms with Crippen molar-refractivity contribution in [2.24, 2.45) is 0 Å². The Labute approximate surface area is 117 Å². The summed E-state index contributed by atoms with van der Waals surface area (Å²) in [6.07, 6.45) is 0. The van der Waals surface area contributed by atoms with Gasteiger partial charge in [0.2, 0.25) is 0 Å². The highest BCUT2D eigenvalue weighted by Gasteiger charge is 2.20. The van der Waals surface area contributed by atoms with Crippen LogP contribution in [-0.4, -0.2) is 12.6 Å². The molecule has 0 N–H and O–H groups in total. The van der Waals surface area contributed by atoms with E-state index in [4.69, 9.17) is 39.5 Å². The number of esters is 1. The predicted octanol–water partition coefficient (Wildman–Crippen LogP) is 5.04. The number of hydrogen-bond donors (Lipinski definition) is 0. The summed E-state index contributed by atoms with van der Waals surface area (Å²) in [5.41, 5.74) is 0. The normalized spacial score (nSPS) is 10.8. The average Bonchev–Trinajstić information content (AvgIpc) is 2.56. The number of benzene rings is 1.